The average Bonchev–Trinajstić information content (AvgIpc) is 3.28. The van der Waals surface area contributed by atoms with Crippen LogP contribution in [0.25, 0.3) is 5.57 Å². The van der Waals surface area contributed by atoms with E-state index in [1.165, 1.54) is 12.1 Å². The van der Waals surface area contributed by atoms with Crippen molar-refractivity contribution < 1.29 is 37.3 Å². The van der Waals surface area contributed by atoms with E-state index < -0.39 is 29.9 Å². The van der Waals surface area contributed by atoms with Crippen LogP contribution in [0.15, 0.2) is 42.5 Å². The molecule has 2 aromatic rings. The Bertz CT molecular complexity index is 1150. The molecule has 3 rings (SSSR count). The number of β-amino-alcohol motifs (C(OH)–C–C–N with tert-alkyl or cyclic N) is 1. The van der Waals surface area contributed by atoms with E-state index in [4.69, 9.17) is 4.74 Å². The number of allylic oxidation sites excluding steroid dienone is 1. The minimum Gasteiger partial charge on any atom is -0.478 e. The molecule has 0 saturated carbocycles. The lowest BCUT2D eigenvalue weighted by Crippen LogP contribution is -2.39. The molecule has 0 bridgehead atoms. The summed E-state index contributed by atoms with van der Waals surface area (Å²) in [7, 11) is 0. The highest BCUT2D eigenvalue weighted by molar-refractivity contribution is 5.91. The summed E-state index contributed by atoms with van der Waals surface area (Å²) in [6.45, 7) is 5.89. The summed E-state index contributed by atoms with van der Waals surface area (Å²) in [5.74, 6) is -1.57. The molecular formula is C29H35F4NO4. The molecule has 1 fully saturated rings. The first-order valence-corrected chi connectivity index (χ1v) is 12.8. The van der Waals surface area contributed by atoms with Gasteiger partial charge in [0.25, 0.3) is 0 Å². The molecule has 0 spiro atoms. The maximum absolute atomic E-state index is 14.0. The van der Waals surface area contributed by atoms with Gasteiger partial charge >= 0.3 is 12.1 Å². The molecule has 1 aliphatic heterocycles. The Labute approximate surface area is 220 Å². The number of benzene rings is 2. The molecule has 0 radical (unpaired) electrons. The van der Waals surface area contributed by atoms with Crippen molar-refractivity contribution in [3.63, 3.8) is 0 Å². The first kappa shape index (κ1) is 29.8. The van der Waals surface area contributed by atoms with Gasteiger partial charge in [-0.2, -0.15) is 13.2 Å². The largest absolute Gasteiger partial charge is 0.478 e. The summed E-state index contributed by atoms with van der Waals surface area (Å²) in [5.41, 5.74) is 0.616. The fraction of sp³-hybridized carbons (Fsp3) is 0.483. The Balaban J connectivity index is 1.70. The zero-order chi connectivity index (χ0) is 28.0. The summed E-state index contributed by atoms with van der Waals surface area (Å²) >= 11 is 0. The van der Waals surface area contributed by atoms with Crippen molar-refractivity contribution in [1.82, 2.24) is 4.90 Å². The minimum absolute atomic E-state index is 0.0453. The number of aliphatic hydroxyl groups is 1. The van der Waals surface area contributed by atoms with Crippen LogP contribution in [0.4, 0.5) is 17.6 Å². The molecule has 2 N–H and O–H groups in total. The van der Waals surface area contributed by atoms with Gasteiger partial charge in [-0.1, -0.05) is 31.2 Å². The third-order valence-corrected chi connectivity index (χ3v) is 7.03. The van der Waals surface area contributed by atoms with Crippen molar-refractivity contribution in [3.8, 4) is 0 Å². The van der Waals surface area contributed by atoms with E-state index in [0.717, 1.165) is 37.1 Å². The molecule has 208 valence electrons. The number of hydrogen-bond donors (Lipinski definition) is 2. The number of alkyl halides is 3. The van der Waals surface area contributed by atoms with Gasteiger partial charge < -0.3 is 14.9 Å². The molecule has 1 aliphatic rings. The summed E-state index contributed by atoms with van der Waals surface area (Å²) in [6.07, 6.45) is -2.98. The molecule has 0 aliphatic carbocycles. The fourth-order valence-electron chi connectivity index (χ4n) is 5.07. The number of likely N-dealkylation sites (tertiary alicyclic amines) is 1. The number of aryl methyl sites for hydroxylation is 1. The lowest BCUT2D eigenvalue weighted by molar-refractivity contribution is -0.138. The van der Waals surface area contributed by atoms with Crippen LogP contribution in [0, 0.1) is 12.7 Å². The Kier molecular flexibility index (Phi) is 10.1. The SMILES string of the molecule is CC/C(=C\C(=O)O)c1c([C@@H](C)OC[C@@H](O)CN2CCC[C@H]2Cc2ccc(C)c(F)c2)cccc1C(F)(F)F. The number of aliphatic hydroxyl groups excluding tert-OH is 1. The van der Waals surface area contributed by atoms with Gasteiger partial charge in [0.05, 0.1) is 24.4 Å². The number of rotatable bonds is 11. The second-order valence-electron chi connectivity index (χ2n) is 9.84. The topological polar surface area (TPSA) is 70.0 Å². The van der Waals surface area contributed by atoms with Crippen molar-refractivity contribution in [2.45, 2.75) is 70.9 Å². The van der Waals surface area contributed by atoms with E-state index in [1.807, 2.05) is 6.07 Å². The Morgan fingerprint density at radius 1 is 1.26 bits per heavy atom. The third kappa shape index (κ3) is 7.65. The van der Waals surface area contributed by atoms with E-state index in [9.17, 15) is 32.6 Å². The maximum atomic E-state index is 14.0. The van der Waals surface area contributed by atoms with E-state index in [2.05, 4.69) is 4.90 Å². The maximum Gasteiger partial charge on any atom is 0.417 e. The van der Waals surface area contributed by atoms with Crippen LogP contribution in [-0.4, -0.2) is 52.9 Å². The first-order chi connectivity index (χ1) is 17.9. The van der Waals surface area contributed by atoms with Gasteiger partial charge in [-0.05, 0) is 86.0 Å². The second kappa shape index (κ2) is 12.9. The molecule has 5 nitrogen and oxygen atoms in total. The zero-order valence-corrected chi connectivity index (χ0v) is 21.9. The van der Waals surface area contributed by atoms with Crippen LogP contribution in [0.1, 0.15) is 67.0 Å². The summed E-state index contributed by atoms with van der Waals surface area (Å²) in [6, 6.07) is 9.05. The Morgan fingerprint density at radius 2 is 2.00 bits per heavy atom. The van der Waals surface area contributed by atoms with Crippen LogP contribution in [0.5, 0.6) is 0 Å². The Morgan fingerprint density at radius 3 is 2.63 bits per heavy atom. The molecule has 9 heteroatoms. The third-order valence-electron chi connectivity index (χ3n) is 7.03. The molecule has 3 atom stereocenters. The van der Waals surface area contributed by atoms with Crippen molar-refractivity contribution >= 4 is 11.5 Å². The van der Waals surface area contributed by atoms with Gasteiger partial charge in [0, 0.05) is 18.7 Å². The van der Waals surface area contributed by atoms with Crippen LogP contribution in [0.3, 0.4) is 0 Å². The van der Waals surface area contributed by atoms with Crippen molar-refractivity contribution in [2.75, 3.05) is 19.7 Å². The number of carboxylic acid groups (broad SMARTS) is 1. The summed E-state index contributed by atoms with van der Waals surface area (Å²) < 4.78 is 61.2. The van der Waals surface area contributed by atoms with Gasteiger partial charge in [0.1, 0.15) is 5.82 Å². The average molecular weight is 538 g/mol. The fourth-order valence-corrected chi connectivity index (χ4v) is 5.07. The second-order valence-corrected chi connectivity index (χ2v) is 9.84. The van der Waals surface area contributed by atoms with E-state index >= 15 is 0 Å². The highest BCUT2D eigenvalue weighted by Crippen LogP contribution is 2.40. The lowest BCUT2D eigenvalue weighted by Gasteiger charge is -2.28. The number of ether oxygens (including phenoxy) is 1. The van der Waals surface area contributed by atoms with E-state index in [-0.39, 0.29) is 41.6 Å². The highest BCUT2D eigenvalue weighted by atomic mass is 19.4. The van der Waals surface area contributed by atoms with Gasteiger partial charge in [0.2, 0.25) is 0 Å². The number of halogens is 4. The van der Waals surface area contributed by atoms with Gasteiger partial charge in [-0.25, -0.2) is 9.18 Å². The van der Waals surface area contributed by atoms with Crippen LogP contribution in [-0.2, 0) is 22.1 Å². The van der Waals surface area contributed by atoms with Crippen molar-refractivity contribution in [1.29, 1.82) is 0 Å². The standard InChI is InChI=1S/C29H35F4NO4/c1-4-21(15-27(36)37)28-24(8-5-9-25(28)29(31,32)33)19(3)38-17-23(35)16-34-12-6-7-22(34)13-20-11-10-18(2)26(30)14-20/h5,8-11,14-15,19,22-23,35H,4,6-7,12-13,16-17H2,1-3H3,(H,36,37)/b21-15+/t19-,22+,23+/m1/s1. The van der Waals surface area contributed by atoms with E-state index in [1.54, 1.807) is 32.9 Å². The summed E-state index contributed by atoms with van der Waals surface area (Å²) in [5, 5.41) is 19.9. The molecule has 0 amide bonds. The summed E-state index contributed by atoms with van der Waals surface area (Å²) in [4.78, 5) is 13.4. The van der Waals surface area contributed by atoms with Gasteiger partial charge in [0.15, 0.2) is 0 Å². The molecular weight excluding hydrogens is 502 g/mol. The monoisotopic (exact) mass is 537 g/mol. The quantitative estimate of drug-likeness (QED) is 0.265. The lowest BCUT2D eigenvalue weighted by atomic mass is 9.90. The molecule has 38 heavy (non-hydrogen) atoms. The molecule has 0 aromatic heterocycles. The highest BCUT2D eigenvalue weighted by Gasteiger charge is 2.36. The predicted molar refractivity (Wildman–Crippen MR) is 137 cm³/mol. The number of carbonyl (C=O) groups is 1. The van der Waals surface area contributed by atoms with Crippen molar-refractivity contribution in [2.24, 2.45) is 0 Å². The van der Waals surface area contributed by atoms with Crippen molar-refractivity contribution in [3.05, 3.63) is 76.1 Å². The number of carboxylic acids is 1. The first-order valence-electron chi connectivity index (χ1n) is 12.8. The normalized spacial score (nSPS) is 18.5. The number of nitrogens with zero attached hydrogens (tertiary/aromatic N) is 1. The predicted octanol–water partition coefficient (Wildman–Crippen LogP) is 6.18. The zero-order valence-electron chi connectivity index (χ0n) is 21.9. The van der Waals surface area contributed by atoms with Crippen LogP contribution >= 0.6 is 0 Å². The molecule has 0 unspecified atom stereocenters. The number of aliphatic carboxylic acids is 1. The van der Waals surface area contributed by atoms with Gasteiger partial charge in [-0.3, -0.25) is 4.90 Å². The van der Waals surface area contributed by atoms with Gasteiger partial charge in [-0.15, -0.1) is 0 Å². The number of hydrogen-bond acceptors (Lipinski definition) is 4. The van der Waals surface area contributed by atoms with E-state index in [0.29, 0.717) is 18.5 Å². The molecule has 2 aromatic carbocycles. The smallest absolute Gasteiger partial charge is 0.417 e. The molecule has 1 heterocycles. The van der Waals surface area contributed by atoms with Crippen LogP contribution in [0.2, 0.25) is 0 Å². The Hall–Kier alpha value is -2.75. The molecule has 1 saturated heterocycles. The van der Waals surface area contributed by atoms with Crippen LogP contribution < -0.4 is 0 Å². The minimum atomic E-state index is -4.68.